The minimum atomic E-state index is -0.223. The Morgan fingerprint density at radius 2 is 1.32 bits per heavy atom. The molecule has 0 aliphatic heterocycles. The third kappa shape index (κ3) is 11.7. The SMILES string of the molecule is C=C1C=CCC(C)(C)[C@H]1/C=C/C(C)=C/C=C/C(C)=C/C=C/C=C(C)/C=C/C=C(C)/C=C/C1=C(C)C[C@@H](O)CC1(C)C. The van der Waals surface area contributed by atoms with Gasteiger partial charge in [-0.2, -0.15) is 0 Å². The van der Waals surface area contributed by atoms with Crippen molar-refractivity contribution in [1.29, 1.82) is 0 Å². The van der Waals surface area contributed by atoms with Crippen LogP contribution in [-0.2, 0) is 0 Å². The van der Waals surface area contributed by atoms with Crippen molar-refractivity contribution >= 4 is 0 Å². The van der Waals surface area contributed by atoms with Gasteiger partial charge in [-0.1, -0.05) is 159 Å². The maximum Gasteiger partial charge on any atom is 0.0585 e. The van der Waals surface area contributed by atoms with Gasteiger partial charge in [0, 0.05) is 5.92 Å². The normalized spacial score (nSPS) is 24.9. The molecule has 0 fully saturated rings. The predicted octanol–water partition coefficient (Wildman–Crippen LogP) is 11.2. The van der Waals surface area contributed by atoms with Crippen LogP contribution in [-0.4, -0.2) is 11.2 Å². The number of hydrogen-bond acceptors (Lipinski definition) is 1. The van der Waals surface area contributed by atoms with Crippen molar-refractivity contribution in [2.45, 2.75) is 87.7 Å². The number of hydrogen-bond donors (Lipinski definition) is 1. The minimum absolute atomic E-state index is 0.00983. The molecule has 0 amide bonds. The average molecular weight is 551 g/mol. The van der Waals surface area contributed by atoms with Crippen LogP contribution in [0.1, 0.15) is 81.6 Å². The first-order valence-electron chi connectivity index (χ1n) is 15.0. The van der Waals surface area contributed by atoms with Gasteiger partial charge in [-0.15, -0.1) is 0 Å². The summed E-state index contributed by atoms with van der Waals surface area (Å²) in [6.45, 7) is 24.0. The number of rotatable bonds is 10. The Bertz CT molecular complexity index is 1270. The molecule has 2 rings (SSSR count). The van der Waals surface area contributed by atoms with Crippen LogP contribution in [0.2, 0.25) is 0 Å². The van der Waals surface area contributed by atoms with E-state index >= 15 is 0 Å². The number of allylic oxidation sites excluding steroid dienone is 22. The molecule has 41 heavy (non-hydrogen) atoms. The van der Waals surface area contributed by atoms with E-state index in [1.54, 1.807) is 0 Å². The second-order valence-corrected chi connectivity index (χ2v) is 13.2. The van der Waals surface area contributed by atoms with Gasteiger partial charge in [-0.25, -0.2) is 0 Å². The van der Waals surface area contributed by atoms with Crippen LogP contribution in [0.15, 0.2) is 143 Å². The summed E-state index contributed by atoms with van der Waals surface area (Å²) < 4.78 is 0. The predicted molar refractivity (Wildman–Crippen MR) is 183 cm³/mol. The summed E-state index contributed by atoms with van der Waals surface area (Å²) in [6, 6.07) is 0. The van der Waals surface area contributed by atoms with Gasteiger partial charge in [0.05, 0.1) is 6.10 Å². The fraction of sp³-hybridized carbons (Fsp3) is 0.400. The molecule has 0 aromatic carbocycles. The monoisotopic (exact) mass is 550 g/mol. The third-order valence-corrected chi connectivity index (χ3v) is 8.02. The summed E-state index contributed by atoms with van der Waals surface area (Å²) in [5, 5.41) is 10.1. The van der Waals surface area contributed by atoms with Crippen LogP contribution in [0.25, 0.3) is 0 Å². The van der Waals surface area contributed by atoms with Gasteiger partial charge >= 0.3 is 0 Å². The zero-order valence-corrected chi connectivity index (χ0v) is 27.2. The molecule has 0 aromatic rings. The summed E-state index contributed by atoms with van der Waals surface area (Å²) in [6.07, 6.45) is 37.0. The Labute approximate surface area is 251 Å². The van der Waals surface area contributed by atoms with Crippen molar-refractivity contribution in [3.63, 3.8) is 0 Å². The van der Waals surface area contributed by atoms with E-state index in [-0.39, 0.29) is 16.9 Å². The van der Waals surface area contributed by atoms with Gasteiger partial charge in [-0.05, 0) is 75.9 Å². The van der Waals surface area contributed by atoms with Crippen molar-refractivity contribution in [3.05, 3.63) is 143 Å². The van der Waals surface area contributed by atoms with E-state index in [0.717, 1.165) is 19.3 Å². The van der Waals surface area contributed by atoms with E-state index in [9.17, 15) is 5.11 Å². The Morgan fingerprint density at radius 1 is 0.805 bits per heavy atom. The first kappa shape index (κ1) is 34.0. The molecular weight excluding hydrogens is 496 g/mol. The fourth-order valence-corrected chi connectivity index (χ4v) is 5.61. The maximum atomic E-state index is 10.1. The van der Waals surface area contributed by atoms with Crippen LogP contribution in [0.5, 0.6) is 0 Å². The van der Waals surface area contributed by atoms with E-state index in [2.05, 4.69) is 166 Å². The molecule has 220 valence electrons. The van der Waals surface area contributed by atoms with Gasteiger partial charge in [0.2, 0.25) is 0 Å². The Kier molecular flexibility index (Phi) is 13.1. The van der Waals surface area contributed by atoms with Crippen LogP contribution in [0.4, 0.5) is 0 Å². The van der Waals surface area contributed by atoms with Crippen LogP contribution >= 0.6 is 0 Å². The molecule has 1 nitrogen and oxygen atoms in total. The lowest BCUT2D eigenvalue weighted by Gasteiger charge is -2.35. The van der Waals surface area contributed by atoms with Crippen LogP contribution < -0.4 is 0 Å². The third-order valence-electron chi connectivity index (χ3n) is 8.02. The molecule has 0 saturated heterocycles. The topological polar surface area (TPSA) is 20.2 Å². The zero-order chi connectivity index (χ0) is 30.6. The maximum absolute atomic E-state index is 10.1. The highest BCUT2D eigenvalue weighted by molar-refractivity contribution is 5.38. The average Bonchev–Trinajstić information content (AvgIpc) is 2.84. The Hall–Kier alpha value is -3.16. The number of aliphatic hydroxyl groups excluding tert-OH is 1. The molecule has 2 atom stereocenters. The van der Waals surface area contributed by atoms with Gasteiger partial charge in [-0.3, -0.25) is 0 Å². The molecular formula is C40H54O. The van der Waals surface area contributed by atoms with E-state index < -0.39 is 0 Å². The smallest absolute Gasteiger partial charge is 0.0585 e. The van der Waals surface area contributed by atoms with Gasteiger partial charge in [0.25, 0.3) is 0 Å². The molecule has 0 bridgehead atoms. The highest BCUT2D eigenvalue weighted by atomic mass is 16.3. The van der Waals surface area contributed by atoms with Crippen LogP contribution in [0, 0.1) is 16.7 Å². The lowest BCUT2D eigenvalue weighted by molar-refractivity contribution is 0.116. The molecule has 1 N–H and O–H groups in total. The quantitative estimate of drug-likeness (QED) is 0.268. The minimum Gasteiger partial charge on any atom is -0.393 e. The van der Waals surface area contributed by atoms with Crippen LogP contribution in [0.3, 0.4) is 0 Å². The standard InChI is InChI=1S/C40H54O/c1-30(18-13-20-32(3)23-25-37-34(5)22-15-27-39(37,7)8)16-11-12-17-31(2)19-14-21-33(4)24-26-38-35(6)28-36(41)29-40(38,9)10/h11-26,36-37,41H,5,27-29H2,1-4,6-10H3/b12-11+,18-13+,19-14+,25-23+,26-24+,30-16+,31-17+,32-20+,33-21+/t36-,37+/m1/s1. The lowest BCUT2D eigenvalue weighted by atomic mass is 9.69. The summed E-state index contributed by atoms with van der Waals surface area (Å²) >= 11 is 0. The number of aliphatic hydroxyl groups is 1. The largest absolute Gasteiger partial charge is 0.393 e. The summed E-state index contributed by atoms with van der Waals surface area (Å²) in [4.78, 5) is 0. The van der Waals surface area contributed by atoms with Crippen molar-refractivity contribution in [2.24, 2.45) is 16.7 Å². The fourth-order valence-electron chi connectivity index (χ4n) is 5.61. The molecule has 1 heteroatoms. The summed E-state index contributed by atoms with van der Waals surface area (Å²) in [5.41, 5.74) is 8.91. The zero-order valence-electron chi connectivity index (χ0n) is 27.2. The molecule has 2 aliphatic carbocycles. The van der Waals surface area contributed by atoms with Crippen molar-refractivity contribution in [3.8, 4) is 0 Å². The second-order valence-electron chi connectivity index (χ2n) is 13.2. The van der Waals surface area contributed by atoms with E-state index in [0.29, 0.717) is 5.92 Å². The molecule has 0 saturated carbocycles. The molecule has 0 aromatic heterocycles. The Morgan fingerprint density at radius 3 is 1.85 bits per heavy atom. The van der Waals surface area contributed by atoms with Gasteiger partial charge < -0.3 is 5.11 Å². The lowest BCUT2D eigenvalue weighted by Crippen LogP contribution is -2.28. The second kappa shape index (κ2) is 15.7. The Balaban J connectivity index is 1.89. The highest BCUT2D eigenvalue weighted by Crippen LogP contribution is 2.41. The van der Waals surface area contributed by atoms with Crippen molar-refractivity contribution in [1.82, 2.24) is 0 Å². The van der Waals surface area contributed by atoms with E-state index in [4.69, 9.17) is 0 Å². The first-order valence-corrected chi connectivity index (χ1v) is 15.0. The summed E-state index contributed by atoms with van der Waals surface area (Å²) in [5.74, 6) is 0.382. The molecule has 0 unspecified atom stereocenters. The van der Waals surface area contributed by atoms with E-state index in [1.165, 1.54) is 39.0 Å². The van der Waals surface area contributed by atoms with Gasteiger partial charge in [0.15, 0.2) is 0 Å². The summed E-state index contributed by atoms with van der Waals surface area (Å²) in [7, 11) is 0. The van der Waals surface area contributed by atoms with Gasteiger partial charge in [0.1, 0.15) is 0 Å². The molecule has 0 spiro atoms. The molecule has 2 aliphatic rings. The van der Waals surface area contributed by atoms with Crippen molar-refractivity contribution in [2.75, 3.05) is 0 Å². The van der Waals surface area contributed by atoms with E-state index in [1.807, 2.05) is 0 Å². The highest BCUT2D eigenvalue weighted by Gasteiger charge is 2.31. The molecule has 0 radical (unpaired) electrons. The van der Waals surface area contributed by atoms with Crippen molar-refractivity contribution < 1.29 is 5.11 Å². The molecule has 0 heterocycles. The first-order chi connectivity index (χ1) is 19.2.